The van der Waals surface area contributed by atoms with E-state index in [-0.39, 0.29) is 11.4 Å². The van der Waals surface area contributed by atoms with E-state index in [9.17, 15) is 22.9 Å². The lowest BCUT2D eigenvalue weighted by atomic mass is 10.1. The second-order valence-corrected chi connectivity index (χ2v) is 6.16. The highest BCUT2D eigenvalue weighted by Gasteiger charge is 2.16. The van der Waals surface area contributed by atoms with Gasteiger partial charge in [-0.2, -0.15) is 13.5 Å². The molecule has 8 nitrogen and oxygen atoms in total. The summed E-state index contributed by atoms with van der Waals surface area (Å²) in [5, 5.41) is 23.4. The van der Waals surface area contributed by atoms with Crippen LogP contribution >= 0.6 is 0 Å². The van der Waals surface area contributed by atoms with Crippen LogP contribution in [0.4, 0.5) is 0 Å². The summed E-state index contributed by atoms with van der Waals surface area (Å²) in [6.45, 7) is 0. The fourth-order valence-electron chi connectivity index (χ4n) is 2.25. The van der Waals surface area contributed by atoms with Gasteiger partial charge in [0.1, 0.15) is 5.75 Å². The van der Waals surface area contributed by atoms with E-state index < -0.39 is 21.0 Å². The number of benzene rings is 2. The van der Waals surface area contributed by atoms with Crippen LogP contribution in [0.2, 0.25) is 0 Å². The van der Waals surface area contributed by atoms with Crippen molar-refractivity contribution in [1.29, 1.82) is 0 Å². The Labute approximate surface area is 130 Å². The number of hydrogen-bond acceptors (Lipinski definition) is 5. The van der Waals surface area contributed by atoms with Gasteiger partial charge in [-0.1, -0.05) is 12.1 Å². The number of rotatable bonds is 3. The molecule has 0 aliphatic heterocycles. The monoisotopic (exact) mass is 334 g/mol. The number of carboxylic acids is 1. The van der Waals surface area contributed by atoms with Gasteiger partial charge < -0.3 is 10.2 Å². The van der Waals surface area contributed by atoms with Gasteiger partial charge in [0.15, 0.2) is 5.69 Å². The fourth-order valence-corrected chi connectivity index (χ4v) is 2.77. The molecule has 23 heavy (non-hydrogen) atoms. The van der Waals surface area contributed by atoms with Gasteiger partial charge in [0.2, 0.25) is 0 Å². The molecular weight excluding hydrogens is 324 g/mol. The van der Waals surface area contributed by atoms with Crippen LogP contribution in [0, 0.1) is 0 Å². The lowest BCUT2D eigenvalue weighted by molar-refractivity contribution is 0.0690. The van der Waals surface area contributed by atoms with E-state index in [1.54, 1.807) is 18.2 Å². The van der Waals surface area contributed by atoms with E-state index in [4.69, 9.17) is 5.11 Å². The Morgan fingerprint density at radius 2 is 1.87 bits per heavy atom. The van der Waals surface area contributed by atoms with Crippen molar-refractivity contribution in [1.82, 2.24) is 9.78 Å². The number of hydrogen-bond donors (Lipinski definition) is 3. The number of aromatic nitrogens is 2. The van der Waals surface area contributed by atoms with Crippen molar-refractivity contribution in [3.05, 3.63) is 48.3 Å². The SMILES string of the molecule is O=C(O)c1ccn(-c2cccc3c(O)cc(S(=O)(=O)O)cc23)n1. The summed E-state index contributed by atoms with van der Waals surface area (Å²) in [7, 11) is -4.51. The molecule has 0 amide bonds. The summed E-state index contributed by atoms with van der Waals surface area (Å²) < 4.78 is 33.0. The summed E-state index contributed by atoms with van der Waals surface area (Å²) in [5.41, 5.74) is 0.174. The van der Waals surface area contributed by atoms with Crippen molar-refractivity contribution in [3.8, 4) is 11.4 Å². The summed E-state index contributed by atoms with van der Waals surface area (Å²) in [6.07, 6.45) is 1.40. The van der Waals surface area contributed by atoms with Gasteiger partial charge >= 0.3 is 5.97 Å². The quantitative estimate of drug-likeness (QED) is 0.621. The van der Waals surface area contributed by atoms with E-state index in [1.807, 2.05) is 0 Å². The Morgan fingerprint density at radius 3 is 2.48 bits per heavy atom. The third kappa shape index (κ3) is 2.62. The van der Waals surface area contributed by atoms with Crippen LogP contribution in [0.1, 0.15) is 10.5 Å². The topological polar surface area (TPSA) is 130 Å². The van der Waals surface area contributed by atoms with Crippen LogP contribution in [-0.4, -0.2) is 38.9 Å². The number of fused-ring (bicyclic) bond motifs is 1. The minimum Gasteiger partial charge on any atom is -0.507 e. The number of carbonyl (C=O) groups is 1. The minimum absolute atomic E-state index is 0.183. The van der Waals surface area contributed by atoms with Gasteiger partial charge in [-0.05, 0) is 18.2 Å². The first-order valence-corrected chi connectivity index (χ1v) is 7.74. The fraction of sp³-hybridized carbons (Fsp3) is 0. The maximum absolute atomic E-state index is 11.3. The molecule has 0 fully saturated rings. The molecule has 0 spiro atoms. The van der Waals surface area contributed by atoms with Gasteiger partial charge in [-0.15, -0.1) is 0 Å². The average Bonchev–Trinajstić information content (AvgIpc) is 2.95. The molecule has 0 aliphatic rings. The predicted molar refractivity (Wildman–Crippen MR) is 79.5 cm³/mol. The van der Waals surface area contributed by atoms with Gasteiger partial charge in [0.25, 0.3) is 10.1 Å². The smallest absolute Gasteiger partial charge is 0.356 e. The first kappa shape index (κ1) is 15.0. The molecule has 3 rings (SSSR count). The Balaban J connectivity index is 2.32. The van der Waals surface area contributed by atoms with Crippen molar-refractivity contribution in [2.45, 2.75) is 4.90 Å². The van der Waals surface area contributed by atoms with Crippen LogP contribution in [-0.2, 0) is 10.1 Å². The molecule has 2 aromatic carbocycles. The maximum Gasteiger partial charge on any atom is 0.356 e. The molecule has 118 valence electrons. The van der Waals surface area contributed by atoms with Gasteiger partial charge in [-0.3, -0.25) is 4.55 Å². The standard InChI is InChI=1S/C14H10N2O6S/c17-13-7-8(23(20,21)22)6-10-9(13)2-1-3-12(10)16-5-4-11(15-16)14(18)19/h1-7,17H,(H,18,19)(H,20,21,22). The summed E-state index contributed by atoms with van der Waals surface area (Å²) >= 11 is 0. The van der Waals surface area contributed by atoms with Crippen LogP contribution in [0.25, 0.3) is 16.5 Å². The third-order valence-corrected chi connectivity index (χ3v) is 4.11. The van der Waals surface area contributed by atoms with Crippen molar-refractivity contribution >= 4 is 26.9 Å². The van der Waals surface area contributed by atoms with E-state index in [0.717, 1.165) is 6.07 Å². The molecule has 1 aromatic heterocycles. The molecule has 3 aromatic rings. The maximum atomic E-state index is 11.3. The van der Waals surface area contributed by atoms with E-state index in [0.29, 0.717) is 16.5 Å². The zero-order chi connectivity index (χ0) is 16.8. The third-order valence-electron chi connectivity index (χ3n) is 3.28. The van der Waals surface area contributed by atoms with Crippen LogP contribution in [0.15, 0.2) is 47.5 Å². The van der Waals surface area contributed by atoms with Crippen LogP contribution in [0.5, 0.6) is 5.75 Å². The molecule has 0 unspecified atom stereocenters. The lowest BCUT2D eigenvalue weighted by Gasteiger charge is -2.09. The Hall–Kier alpha value is -2.91. The molecule has 0 saturated carbocycles. The number of aromatic carboxylic acids is 1. The Kier molecular flexibility index (Phi) is 3.31. The minimum atomic E-state index is -4.51. The van der Waals surface area contributed by atoms with E-state index in [2.05, 4.69) is 5.10 Å². The van der Waals surface area contributed by atoms with Crippen molar-refractivity contribution < 1.29 is 28.0 Å². The average molecular weight is 334 g/mol. The summed E-state index contributed by atoms with van der Waals surface area (Å²) in [5.74, 6) is -1.53. The molecule has 0 aliphatic carbocycles. The first-order valence-electron chi connectivity index (χ1n) is 6.30. The van der Waals surface area contributed by atoms with Crippen molar-refractivity contribution in [2.24, 2.45) is 0 Å². The van der Waals surface area contributed by atoms with Gasteiger partial charge in [0.05, 0.1) is 10.6 Å². The highest BCUT2D eigenvalue weighted by molar-refractivity contribution is 7.85. The molecule has 0 bridgehead atoms. The zero-order valence-corrected chi connectivity index (χ0v) is 12.2. The number of phenols is 1. The molecule has 0 saturated heterocycles. The van der Waals surface area contributed by atoms with E-state index >= 15 is 0 Å². The largest absolute Gasteiger partial charge is 0.507 e. The van der Waals surface area contributed by atoms with Crippen LogP contribution < -0.4 is 0 Å². The second kappa shape index (κ2) is 5.07. The highest BCUT2D eigenvalue weighted by atomic mass is 32.2. The molecule has 3 N–H and O–H groups in total. The highest BCUT2D eigenvalue weighted by Crippen LogP contribution is 2.32. The molecule has 0 atom stereocenters. The number of carboxylic acid groups (broad SMARTS) is 1. The zero-order valence-electron chi connectivity index (χ0n) is 11.4. The second-order valence-electron chi connectivity index (χ2n) is 4.74. The predicted octanol–water partition coefficient (Wildman–Crippen LogP) is 1.68. The van der Waals surface area contributed by atoms with Gasteiger partial charge in [-0.25, -0.2) is 9.48 Å². The van der Waals surface area contributed by atoms with E-state index in [1.165, 1.54) is 23.0 Å². The normalized spacial score (nSPS) is 11.7. The number of nitrogens with zero attached hydrogens (tertiary/aromatic N) is 2. The molecule has 9 heteroatoms. The molecular formula is C14H10N2O6S. The van der Waals surface area contributed by atoms with Crippen LogP contribution in [0.3, 0.4) is 0 Å². The number of phenolic OH excluding ortho intramolecular Hbond substituents is 1. The number of aromatic hydroxyl groups is 1. The first-order chi connectivity index (χ1) is 10.8. The van der Waals surface area contributed by atoms with Crippen molar-refractivity contribution in [3.63, 3.8) is 0 Å². The lowest BCUT2D eigenvalue weighted by Crippen LogP contribution is -2.02. The molecule has 1 heterocycles. The van der Waals surface area contributed by atoms with Crippen molar-refractivity contribution in [2.75, 3.05) is 0 Å². The van der Waals surface area contributed by atoms with Gasteiger partial charge in [0, 0.05) is 23.0 Å². The molecule has 0 radical (unpaired) electrons. The Bertz CT molecular complexity index is 1040. The Morgan fingerprint density at radius 1 is 1.13 bits per heavy atom. The summed E-state index contributed by atoms with van der Waals surface area (Å²) in [4.78, 5) is 10.4. The summed E-state index contributed by atoms with van der Waals surface area (Å²) in [6, 6.07) is 8.15.